The van der Waals surface area contributed by atoms with Crippen molar-refractivity contribution in [3.05, 3.63) is 53.2 Å². The lowest BCUT2D eigenvalue weighted by Crippen LogP contribution is -2.48. The Balaban J connectivity index is 1.47. The third kappa shape index (κ3) is 3.56. The van der Waals surface area contributed by atoms with E-state index in [1.807, 2.05) is 31.3 Å². The monoisotopic (exact) mass is 399 g/mol. The highest BCUT2D eigenvalue weighted by molar-refractivity contribution is 7.89. The molecule has 6 nitrogen and oxygen atoms in total. The predicted molar refractivity (Wildman–Crippen MR) is 108 cm³/mol. The summed E-state index contributed by atoms with van der Waals surface area (Å²) in [6.45, 7) is 5.71. The van der Waals surface area contributed by atoms with Gasteiger partial charge < -0.3 is 4.90 Å². The number of sulfonamides is 1. The Hall–Kier alpha value is -2.25. The van der Waals surface area contributed by atoms with Gasteiger partial charge in [-0.3, -0.25) is 4.79 Å². The predicted octanol–water partition coefficient (Wildman–Crippen LogP) is 2.20. The Morgan fingerprint density at radius 3 is 2.39 bits per heavy atom. The zero-order chi connectivity index (χ0) is 19.9. The number of nitrogens with zero attached hydrogens (tertiary/aromatic N) is 3. The summed E-state index contributed by atoms with van der Waals surface area (Å²) in [7, 11) is -3.53. The number of anilines is 1. The first-order valence-electron chi connectivity index (χ1n) is 9.64. The lowest BCUT2D eigenvalue weighted by molar-refractivity contribution is -0.120. The van der Waals surface area contributed by atoms with Gasteiger partial charge >= 0.3 is 0 Å². The highest BCUT2D eigenvalue weighted by Crippen LogP contribution is 2.30. The lowest BCUT2D eigenvalue weighted by atomic mass is 10.0. The van der Waals surface area contributed by atoms with Crippen LogP contribution < -0.4 is 4.90 Å². The van der Waals surface area contributed by atoms with Crippen molar-refractivity contribution in [1.82, 2.24) is 9.29 Å². The van der Waals surface area contributed by atoms with E-state index in [1.54, 1.807) is 23.4 Å². The molecule has 1 aliphatic carbocycles. The van der Waals surface area contributed by atoms with Crippen LogP contribution in [0.3, 0.4) is 0 Å². The number of fused-ring (bicyclic) bond motifs is 1. The molecule has 0 bridgehead atoms. The molecule has 1 saturated heterocycles. The molecule has 2 aromatic rings. The Bertz CT molecular complexity index is 994. The third-order valence-electron chi connectivity index (χ3n) is 5.78. The molecule has 28 heavy (non-hydrogen) atoms. The number of hydrogen-bond acceptors (Lipinski definition) is 5. The molecule has 0 radical (unpaired) electrons. The van der Waals surface area contributed by atoms with Crippen LogP contribution in [0.2, 0.25) is 0 Å². The SMILES string of the molecule is CC(=O)C1Cc2ccc(S(=O)(=O)N3CCN(c4ccc(C)cn4)CC3)cc2C1. The van der Waals surface area contributed by atoms with E-state index < -0.39 is 10.0 Å². The van der Waals surface area contributed by atoms with Crippen LogP contribution in [0.5, 0.6) is 0 Å². The van der Waals surface area contributed by atoms with E-state index in [0.29, 0.717) is 43.9 Å². The second-order valence-corrected chi connectivity index (χ2v) is 9.67. The summed E-state index contributed by atoms with van der Waals surface area (Å²) in [5.74, 6) is 1.04. The molecule has 1 atom stereocenters. The summed E-state index contributed by atoms with van der Waals surface area (Å²) >= 11 is 0. The highest BCUT2D eigenvalue weighted by Gasteiger charge is 2.31. The number of Topliss-reactive ketones (excluding diaryl/α,β-unsaturated/α-hetero) is 1. The average Bonchev–Trinajstić information content (AvgIpc) is 3.12. The molecular weight excluding hydrogens is 374 g/mol. The number of aromatic nitrogens is 1. The van der Waals surface area contributed by atoms with Crippen molar-refractivity contribution in [3.8, 4) is 0 Å². The van der Waals surface area contributed by atoms with Gasteiger partial charge in [0.05, 0.1) is 4.90 Å². The van der Waals surface area contributed by atoms with Crippen molar-refractivity contribution in [2.75, 3.05) is 31.1 Å². The summed E-state index contributed by atoms with van der Waals surface area (Å²) in [6.07, 6.45) is 3.19. The molecule has 148 valence electrons. The number of ketones is 1. The molecule has 1 unspecified atom stereocenters. The van der Waals surface area contributed by atoms with Gasteiger partial charge in [0.15, 0.2) is 0 Å². The van der Waals surface area contributed by atoms with Gasteiger partial charge in [0.25, 0.3) is 0 Å². The fraction of sp³-hybridized carbons (Fsp3) is 0.429. The van der Waals surface area contributed by atoms with Crippen molar-refractivity contribution in [2.24, 2.45) is 5.92 Å². The minimum absolute atomic E-state index is 0.0153. The number of hydrogen-bond donors (Lipinski definition) is 0. The summed E-state index contributed by atoms with van der Waals surface area (Å²) in [6, 6.07) is 9.32. The molecule has 1 aliphatic heterocycles. The number of carbonyl (C=O) groups is 1. The summed E-state index contributed by atoms with van der Waals surface area (Å²) < 4.78 is 27.8. The van der Waals surface area contributed by atoms with Crippen LogP contribution in [0.4, 0.5) is 5.82 Å². The molecule has 0 amide bonds. The second-order valence-electron chi connectivity index (χ2n) is 7.73. The Kier molecular flexibility index (Phi) is 4.97. The van der Waals surface area contributed by atoms with Crippen LogP contribution >= 0.6 is 0 Å². The topological polar surface area (TPSA) is 70.6 Å². The van der Waals surface area contributed by atoms with Crippen LogP contribution in [0.1, 0.15) is 23.6 Å². The highest BCUT2D eigenvalue weighted by atomic mass is 32.2. The van der Waals surface area contributed by atoms with Gasteiger partial charge in [-0.25, -0.2) is 13.4 Å². The normalized spacial score (nSPS) is 20.2. The van der Waals surface area contributed by atoms with E-state index in [-0.39, 0.29) is 11.7 Å². The van der Waals surface area contributed by atoms with Gasteiger partial charge in [0, 0.05) is 38.3 Å². The molecular formula is C21H25N3O3S. The van der Waals surface area contributed by atoms with Gasteiger partial charge in [-0.1, -0.05) is 12.1 Å². The van der Waals surface area contributed by atoms with Crippen LogP contribution in [-0.4, -0.2) is 49.7 Å². The van der Waals surface area contributed by atoms with Crippen molar-refractivity contribution in [3.63, 3.8) is 0 Å². The summed E-state index contributed by atoms with van der Waals surface area (Å²) in [5.41, 5.74) is 3.19. The molecule has 1 fully saturated rings. The molecule has 0 N–H and O–H groups in total. The smallest absolute Gasteiger partial charge is 0.243 e. The number of piperazine rings is 1. The van der Waals surface area contributed by atoms with Gasteiger partial charge in [0.1, 0.15) is 11.6 Å². The quantitative estimate of drug-likeness (QED) is 0.788. The van der Waals surface area contributed by atoms with Gasteiger partial charge in [-0.05, 0) is 61.6 Å². The van der Waals surface area contributed by atoms with E-state index in [0.717, 1.165) is 22.5 Å². The molecule has 1 aromatic carbocycles. The minimum Gasteiger partial charge on any atom is -0.354 e. The standard InChI is InChI=1S/C21H25N3O3S/c1-15-3-6-21(22-14-15)23-7-9-24(10-8-23)28(26,27)20-5-4-17-11-18(16(2)25)12-19(17)13-20/h3-6,13-14,18H,7-12H2,1-2H3. The van der Waals surface area contributed by atoms with Gasteiger partial charge in [0.2, 0.25) is 10.0 Å². The zero-order valence-electron chi connectivity index (χ0n) is 16.3. The lowest BCUT2D eigenvalue weighted by Gasteiger charge is -2.34. The number of aryl methyl sites for hydroxylation is 1. The van der Waals surface area contributed by atoms with Crippen LogP contribution in [0.15, 0.2) is 41.4 Å². The average molecular weight is 400 g/mol. The molecule has 2 heterocycles. The van der Waals surface area contributed by atoms with Gasteiger partial charge in [-0.2, -0.15) is 4.31 Å². The number of pyridine rings is 1. The van der Waals surface area contributed by atoms with E-state index >= 15 is 0 Å². The number of benzene rings is 1. The van der Waals surface area contributed by atoms with Crippen LogP contribution in [0.25, 0.3) is 0 Å². The maximum Gasteiger partial charge on any atom is 0.243 e. The Morgan fingerprint density at radius 1 is 1.04 bits per heavy atom. The maximum absolute atomic E-state index is 13.1. The largest absolute Gasteiger partial charge is 0.354 e. The maximum atomic E-state index is 13.1. The van der Waals surface area contributed by atoms with Crippen molar-refractivity contribution < 1.29 is 13.2 Å². The number of rotatable bonds is 4. The zero-order valence-corrected chi connectivity index (χ0v) is 17.1. The van der Waals surface area contributed by atoms with E-state index in [4.69, 9.17) is 0 Å². The van der Waals surface area contributed by atoms with Crippen molar-refractivity contribution in [2.45, 2.75) is 31.6 Å². The first-order valence-corrected chi connectivity index (χ1v) is 11.1. The first kappa shape index (κ1) is 19.1. The summed E-state index contributed by atoms with van der Waals surface area (Å²) in [4.78, 5) is 18.6. The third-order valence-corrected chi connectivity index (χ3v) is 7.68. The van der Waals surface area contributed by atoms with E-state index in [9.17, 15) is 13.2 Å². The Morgan fingerprint density at radius 2 is 1.75 bits per heavy atom. The molecule has 0 spiro atoms. The minimum atomic E-state index is -3.53. The summed E-state index contributed by atoms with van der Waals surface area (Å²) in [5, 5.41) is 0. The second kappa shape index (κ2) is 7.29. The first-order chi connectivity index (χ1) is 13.3. The fourth-order valence-corrected chi connectivity index (χ4v) is 5.47. The fourth-order valence-electron chi connectivity index (χ4n) is 4.00. The molecule has 7 heteroatoms. The van der Waals surface area contributed by atoms with E-state index in [2.05, 4.69) is 9.88 Å². The van der Waals surface area contributed by atoms with Crippen LogP contribution in [0, 0.1) is 12.8 Å². The van der Waals surface area contributed by atoms with Crippen LogP contribution in [-0.2, 0) is 27.7 Å². The molecule has 0 saturated carbocycles. The Labute approximate surface area is 166 Å². The van der Waals surface area contributed by atoms with Crippen molar-refractivity contribution >= 4 is 21.6 Å². The van der Waals surface area contributed by atoms with Gasteiger partial charge in [-0.15, -0.1) is 0 Å². The van der Waals surface area contributed by atoms with Crippen molar-refractivity contribution in [1.29, 1.82) is 0 Å². The molecule has 4 rings (SSSR count). The molecule has 1 aromatic heterocycles. The molecule has 2 aliphatic rings. The van der Waals surface area contributed by atoms with E-state index in [1.165, 1.54) is 0 Å². The number of carbonyl (C=O) groups excluding carboxylic acids is 1.